The van der Waals surface area contributed by atoms with Gasteiger partial charge in [-0.2, -0.15) is 0 Å². The van der Waals surface area contributed by atoms with Gasteiger partial charge in [0, 0.05) is 34.6 Å². The summed E-state index contributed by atoms with van der Waals surface area (Å²) in [5.41, 5.74) is 0.744. The van der Waals surface area contributed by atoms with Crippen molar-refractivity contribution in [1.82, 2.24) is 5.32 Å². The molecule has 0 saturated heterocycles. The summed E-state index contributed by atoms with van der Waals surface area (Å²) < 4.78 is 0.738. The average molecular weight is 331 g/mol. The van der Waals surface area contributed by atoms with E-state index in [1.165, 1.54) is 23.5 Å². The summed E-state index contributed by atoms with van der Waals surface area (Å²) >= 11 is 13.5. The quantitative estimate of drug-likeness (QED) is 0.632. The van der Waals surface area contributed by atoms with E-state index in [0.717, 1.165) is 9.21 Å². The van der Waals surface area contributed by atoms with Gasteiger partial charge in [0.15, 0.2) is 0 Å². The van der Waals surface area contributed by atoms with Crippen molar-refractivity contribution in [2.75, 3.05) is 0 Å². The Morgan fingerprint density at radius 3 is 2.70 bits per heavy atom. The second kappa shape index (κ2) is 6.54. The Balaban J connectivity index is 2.06. The normalized spacial score (nSPS) is 12.3. The van der Waals surface area contributed by atoms with Gasteiger partial charge in [0.1, 0.15) is 0 Å². The van der Waals surface area contributed by atoms with Crippen molar-refractivity contribution in [3.05, 3.63) is 60.2 Å². The van der Waals surface area contributed by atoms with Crippen LogP contribution in [0.4, 0.5) is 5.69 Å². The summed E-state index contributed by atoms with van der Waals surface area (Å²) in [4.78, 5) is 11.4. The van der Waals surface area contributed by atoms with Crippen LogP contribution < -0.4 is 5.32 Å². The number of rotatable bonds is 5. The van der Waals surface area contributed by atoms with Gasteiger partial charge >= 0.3 is 0 Å². The first-order chi connectivity index (χ1) is 9.47. The number of nitrogens with zero attached hydrogens (tertiary/aromatic N) is 1. The van der Waals surface area contributed by atoms with Crippen molar-refractivity contribution in [2.45, 2.75) is 19.5 Å². The largest absolute Gasteiger partial charge is 0.305 e. The summed E-state index contributed by atoms with van der Waals surface area (Å²) in [5.74, 6) is 0. The number of non-ortho nitro benzene ring substituents is 1. The summed E-state index contributed by atoms with van der Waals surface area (Å²) in [6.07, 6.45) is 0. The minimum absolute atomic E-state index is 0.0398. The Bertz CT molecular complexity index is 631. The number of halogens is 2. The molecule has 2 aromatic rings. The summed E-state index contributed by atoms with van der Waals surface area (Å²) in [6, 6.07) is 8.34. The third-order valence-electron chi connectivity index (χ3n) is 2.86. The summed E-state index contributed by atoms with van der Waals surface area (Å²) in [7, 11) is 0. The maximum absolute atomic E-state index is 10.8. The Kier molecular flexibility index (Phi) is 4.99. The van der Waals surface area contributed by atoms with E-state index in [0.29, 0.717) is 17.1 Å². The van der Waals surface area contributed by atoms with Crippen LogP contribution in [0.1, 0.15) is 23.4 Å². The van der Waals surface area contributed by atoms with Crippen LogP contribution in [0.5, 0.6) is 0 Å². The van der Waals surface area contributed by atoms with Gasteiger partial charge in [0.2, 0.25) is 0 Å². The SMILES string of the molecule is CC(NCc1cc([N+](=O)[O-])ccc1Cl)c1ccc(Cl)s1. The molecule has 20 heavy (non-hydrogen) atoms. The van der Waals surface area contributed by atoms with Crippen LogP contribution in [-0.2, 0) is 6.54 Å². The minimum Gasteiger partial charge on any atom is -0.305 e. The number of nitro benzene ring substituents is 1. The van der Waals surface area contributed by atoms with E-state index >= 15 is 0 Å². The fourth-order valence-corrected chi connectivity index (χ4v) is 3.01. The molecule has 4 nitrogen and oxygen atoms in total. The Morgan fingerprint density at radius 2 is 2.10 bits per heavy atom. The number of hydrogen-bond donors (Lipinski definition) is 1. The first-order valence-electron chi connectivity index (χ1n) is 5.89. The summed E-state index contributed by atoms with van der Waals surface area (Å²) in [6.45, 7) is 2.46. The van der Waals surface area contributed by atoms with Crippen LogP contribution in [0.15, 0.2) is 30.3 Å². The van der Waals surface area contributed by atoms with Gasteiger partial charge in [0.05, 0.1) is 9.26 Å². The first-order valence-corrected chi connectivity index (χ1v) is 7.46. The van der Waals surface area contributed by atoms with Gasteiger partial charge in [-0.15, -0.1) is 11.3 Å². The molecule has 0 aliphatic rings. The van der Waals surface area contributed by atoms with Gasteiger partial charge in [-0.3, -0.25) is 10.1 Å². The lowest BCUT2D eigenvalue weighted by atomic mass is 10.2. The predicted molar refractivity (Wildman–Crippen MR) is 82.7 cm³/mol. The molecular weight excluding hydrogens is 319 g/mol. The second-order valence-electron chi connectivity index (χ2n) is 4.28. The Hall–Kier alpha value is -1.14. The molecule has 1 atom stereocenters. The molecule has 0 aliphatic heterocycles. The Morgan fingerprint density at radius 1 is 1.35 bits per heavy atom. The third kappa shape index (κ3) is 3.70. The molecule has 106 valence electrons. The smallest absolute Gasteiger partial charge is 0.269 e. The van der Waals surface area contributed by atoms with Crippen molar-refractivity contribution in [3.8, 4) is 0 Å². The molecule has 0 fully saturated rings. The first kappa shape index (κ1) is 15.3. The molecule has 0 radical (unpaired) electrons. The molecule has 7 heteroatoms. The van der Waals surface area contributed by atoms with E-state index in [1.807, 2.05) is 19.1 Å². The fourth-order valence-electron chi connectivity index (χ4n) is 1.73. The molecule has 1 unspecified atom stereocenters. The van der Waals surface area contributed by atoms with E-state index in [1.54, 1.807) is 6.07 Å². The zero-order chi connectivity index (χ0) is 14.7. The molecule has 1 heterocycles. The van der Waals surface area contributed by atoms with Gasteiger partial charge in [0.25, 0.3) is 5.69 Å². The van der Waals surface area contributed by atoms with Crippen LogP contribution in [0, 0.1) is 10.1 Å². The highest BCUT2D eigenvalue weighted by atomic mass is 35.5. The zero-order valence-electron chi connectivity index (χ0n) is 10.6. The number of benzene rings is 1. The van der Waals surface area contributed by atoms with E-state index in [4.69, 9.17) is 23.2 Å². The number of hydrogen-bond acceptors (Lipinski definition) is 4. The van der Waals surface area contributed by atoms with Gasteiger partial charge in [-0.25, -0.2) is 0 Å². The molecule has 0 aliphatic carbocycles. The molecule has 1 N–H and O–H groups in total. The maximum atomic E-state index is 10.8. The van der Waals surface area contributed by atoms with Crippen LogP contribution in [0.3, 0.4) is 0 Å². The molecule has 0 saturated carbocycles. The van der Waals surface area contributed by atoms with E-state index in [-0.39, 0.29) is 11.7 Å². The second-order valence-corrected chi connectivity index (χ2v) is 6.43. The van der Waals surface area contributed by atoms with Crippen LogP contribution in [0.2, 0.25) is 9.36 Å². The number of thiophene rings is 1. The molecular formula is C13H12Cl2N2O2S. The molecule has 2 rings (SSSR count). The van der Waals surface area contributed by atoms with Crippen LogP contribution in [0.25, 0.3) is 0 Å². The van der Waals surface area contributed by atoms with Crippen LogP contribution >= 0.6 is 34.5 Å². The highest BCUT2D eigenvalue weighted by molar-refractivity contribution is 7.16. The highest BCUT2D eigenvalue weighted by Gasteiger charge is 2.12. The maximum Gasteiger partial charge on any atom is 0.269 e. The predicted octanol–water partition coefficient (Wildman–Crippen LogP) is 4.81. The van der Waals surface area contributed by atoms with Crippen molar-refractivity contribution in [1.29, 1.82) is 0 Å². The third-order valence-corrected chi connectivity index (χ3v) is 4.64. The van der Waals surface area contributed by atoms with Crippen molar-refractivity contribution in [3.63, 3.8) is 0 Å². The van der Waals surface area contributed by atoms with Crippen molar-refractivity contribution >= 4 is 40.2 Å². The molecule has 0 spiro atoms. The number of nitrogens with one attached hydrogen (secondary N) is 1. The van der Waals surface area contributed by atoms with Gasteiger partial charge in [-0.1, -0.05) is 23.2 Å². The highest BCUT2D eigenvalue weighted by Crippen LogP contribution is 2.27. The fraction of sp³-hybridized carbons (Fsp3) is 0.231. The van der Waals surface area contributed by atoms with Crippen molar-refractivity contribution in [2.24, 2.45) is 0 Å². The monoisotopic (exact) mass is 330 g/mol. The lowest BCUT2D eigenvalue weighted by molar-refractivity contribution is -0.384. The van der Waals surface area contributed by atoms with E-state index < -0.39 is 4.92 Å². The van der Waals surface area contributed by atoms with E-state index in [9.17, 15) is 10.1 Å². The van der Waals surface area contributed by atoms with Gasteiger partial charge < -0.3 is 5.32 Å². The van der Waals surface area contributed by atoms with Crippen LogP contribution in [-0.4, -0.2) is 4.92 Å². The topological polar surface area (TPSA) is 55.2 Å². The summed E-state index contributed by atoms with van der Waals surface area (Å²) in [5, 5.41) is 14.5. The molecule has 0 amide bonds. The lowest BCUT2D eigenvalue weighted by Crippen LogP contribution is -2.17. The average Bonchev–Trinajstić information content (AvgIpc) is 2.84. The van der Waals surface area contributed by atoms with E-state index in [2.05, 4.69) is 5.32 Å². The standard InChI is InChI=1S/C13H12Cl2N2O2S/c1-8(12-4-5-13(15)20-12)16-7-9-6-10(17(18)19)2-3-11(9)14/h2-6,8,16H,7H2,1H3. The zero-order valence-corrected chi connectivity index (χ0v) is 12.9. The molecule has 1 aromatic heterocycles. The lowest BCUT2D eigenvalue weighted by Gasteiger charge is -2.12. The minimum atomic E-state index is -0.428. The van der Waals surface area contributed by atoms with Gasteiger partial charge in [-0.05, 0) is 30.7 Å². The molecule has 0 bridgehead atoms. The Labute approximate surface area is 130 Å². The van der Waals surface area contributed by atoms with Crippen molar-refractivity contribution < 1.29 is 4.92 Å². The number of nitro groups is 1. The molecule has 1 aromatic carbocycles.